The molecule has 0 radical (unpaired) electrons. The van der Waals surface area contributed by atoms with Gasteiger partial charge in [-0.2, -0.15) is 0 Å². The van der Waals surface area contributed by atoms with E-state index in [2.05, 4.69) is 55.7 Å². The molecule has 2 N–H and O–H groups in total. The summed E-state index contributed by atoms with van der Waals surface area (Å²) in [5.41, 5.74) is 5.22. The Kier molecular flexibility index (Phi) is 8.64. The molecule has 6 rings (SSSR count). The van der Waals surface area contributed by atoms with E-state index < -0.39 is 0 Å². The molecule has 3 aromatic rings. The van der Waals surface area contributed by atoms with Crippen LogP contribution in [0.3, 0.4) is 0 Å². The number of aryl methyl sites for hydroxylation is 2. The zero-order valence-corrected chi connectivity index (χ0v) is 26.4. The molecule has 1 amide bonds. The highest BCUT2D eigenvalue weighted by Crippen LogP contribution is 2.37. The summed E-state index contributed by atoms with van der Waals surface area (Å²) in [7, 11) is 0. The van der Waals surface area contributed by atoms with E-state index in [1.165, 1.54) is 5.56 Å². The summed E-state index contributed by atoms with van der Waals surface area (Å²) < 4.78 is 12.9. The van der Waals surface area contributed by atoms with Crippen molar-refractivity contribution in [3.05, 3.63) is 104 Å². The molecule has 42 heavy (non-hydrogen) atoms. The van der Waals surface area contributed by atoms with Crippen LogP contribution in [0.2, 0.25) is 5.02 Å². The molecular formula is C34H37BrClN3O3. The summed E-state index contributed by atoms with van der Waals surface area (Å²) in [5.74, 6) is 1.62. The molecule has 3 aliphatic rings. The van der Waals surface area contributed by atoms with Crippen LogP contribution in [0.1, 0.15) is 41.5 Å². The lowest BCUT2D eigenvalue weighted by atomic mass is 9.78. The molecule has 3 aromatic carbocycles. The average Bonchev–Trinajstić information content (AvgIpc) is 3.83. The molecule has 2 bridgehead atoms. The third-order valence-corrected chi connectivity index (χ3v) is 9.70. The standard InChI is InChI=1S/C34H37BrClN3O3/c1-22-17-30(36)32(18-23(22)2)42-16-15-41-27-11-7-25(8-12-27)34-14-13-28(31(38-34)19-37-21-34)33(40)39(26-9-10-26)20-24-5-3-4-6-29(24)35/h3-8,11-13,17-18,26,31,37-38H,9-10,14-16,19-21H2,1-2H3. The number of hydrogen-bond acceptors (Lipinski definition) is 5. The van der Waals surface area contributed by atoms with Gasteiger partial charge in [-0.15, -0.1) is 0 Å². The number of benzene rings is 3. The summed E-state index contributed by atoms with van der Waals surface area (Å²) in [4.78, 5) is 16.0. The first-order valence-corrected chi connectivity index (χ1v) is 15.9. The van der Waals surface area contributed by atoms with Gasteiger partial charge in [-0.1, -0.05) is 63.9 Å². The lowest BCUT2D eigenvalue weighted by Crippen LogP contribution is -2.65. The van der Waals surface area contributed by atoms with E-state index in [-0.39, 0.29) is 17.5 Å². The number of fused-ring (bicyclic) bond motifs is 2. The smallest absolute Gasteiger partial charge is 0.251 e. The van der Waals surface area contributed by atoms with Crippen LogP contribution < -0.4 is 20.1 Å². The van der Waals surface area contributed by atoms with E-state index in [1.807, 2.05) is 56.3 Å². The largest absolute Gasteiger partial charge is 0.490 e. The zero-order valence-electron chi connectivity index (χ0n) is 24.1. The fraction of sp³-hybridized carbons (Fsp3) is 0.382. The normalized spacial score (nSPS) is 21.4. The van der Waals surface area contributed by atoms with Gasteiger partial charge in [-0.3, -0.25) is 10.1 Å². The van der Waals surface area contributed by atoms with E-state index >= 15 is 0 Å². The summed E-state index contributed by atoms with van der Waals surface area (Å²) in [6.45, 7) is 7.06. The molecule has 0 spiro atoms. The topological polar surface area (TPSA) is 62.8 Å². The monoisotopic (exact) mass is 649 g/mol. The van der Waals surface area contributed by atoms with Gasteiger partial charge in [-0.25, -0.2) is 0 Å². The third-order valence-electron chi connectivity index (χ3n) is 8.63. The number of halogens is 2. The van der Waals surface area contributed by atoms with Crippen molar-refractivity contribution in [2.45, 2.75) is 57.3 Å². The van der Waals surface area contributed by atoms with Gasteiger partial charge in [0, 0.05) is 35.7 Å². The van der Waals surface area contributed by atoms with Gasteiger partial charge in [0.15, 0.2) is 0 Å². The summed E-state index contributed by atoms with van der Waals surface area (Å²) >= 11 is 9.98. The molecule has 6 nitrogen and oxygen atoms in total. The molecule has 220 valence electrons. The van der Waals surface area contributed by atoms with Crippen molar-refractivity contribution in [1.82, 2.24) is 15.5 Å². The number of piperazine rings is 1. The second-order valence-corrected chi connectivity index (χ2v) is 12.9. The van der Waals surface area contributed by atoms with Crippen molar-refractivity contribution in [3.63, 3.8) is 0 Å². The van der Waals surface area contributed by atoms with E-state index in [1.54, 1.807) is 0 Å². The SMILES string of the molecule is Cc1cc(Cl)c(OCCOc2ccc(C34CC=C(C(=O)N(Cc5ccccc5Br)C5CC5)C(CNC3)N4)cc2)cc1C. The van der Waals surface area contributed by atoms with Gasteiger partial charge >= 0.3 is 0 Å². The Morgan fingerprint density at radius 1 is 1.05 bits per heavy atom. The first-order valence-electron chi connectivity index (χ1n) is 14.7. The molecule has 2 atom stereocenters. The number of ether oxygens (including phenoxy) is 2. The van der Waals surface area contributed by atoms with Crippen molar-refractivity contribution in [3.8, 4) is 11.5 Å². The minimum atomic E-state index is -0.263. The maximum atomic E-state index is 13.9. The first kappa shape index (κ1) is 29.2. The van der Waals surface area contributed by atoms with Crippen molar-refractivity contribution in [2.24, 2.45) is 0 Å². The minimum Gasteiger partial charge on any atom is -0.490 e. The lowest BCUT2D eigenvalue weighted by Gasteiger charge is -2.47. The van der Waals surface area contributed by atoms with Crippen LogP contribution >= 0.6 is 27.5 Å². The number of nitrogens with one attached hydrogen (secondary N) is 2. The molecular weight excluding hydrogens is 614 g/mol. The Morgan fingerprint density at radius 3 is 2.55 bits per heavy atom. The van der Waals surface area contributed by atoms with Gasteiger partial charge in [0.1, 0.15) is 24.7 Å². The van der Waals surface area contributed by atoms with Gasteiger partial charge < -0.3 is 19.7 Å². The highest BCUT2D eigenvalue weighted by molar-refractivity contribution is 9.10. The van der Waals surface area contributed by atoms with Crippen molar-refractivity contribution in [2.75, 3.05) is 26.3 Å². The van der Waals surface area contributed by atoms with E-state index in [4.69, 9.17) is 21.1 Å². The zero-order chi connectivity index (χ0) is 29.3. The van der Waals surface area contributed by atoms with Gasteiger partial charge in [0.25, 0.3) is 5.91 Å². The molecule has 1 aliphatic carbocycles. The van der Waals surface area contributed by atoms with Crippen LogP contribution in [-0.2, 0) is 16.9 Å². The number of hydrogen-bond donors (Lipinski definition) is 2. The fourth-order valence-corrected chi connectivity index (χ4v) is 6.61. The van der Waals surface area contributed by atoms with E-state index in [9.17, 15) is 4.79 Å². The van der Waals surface area contributed by atoms with Crippen LogP contribution in [0.5, 0.6) is 11.5 Å². The number of amides is 1. The number of rotatable bonds is 10. The highest BCUT2D eigenvalue weighted by Gasteiger charge is 2.44. The second kappa shape index (κ2) is 12.4. The van der Waals surface area contributed by atoms with Gasteiger partial charge in [-0.05, 0) is 85.7 Å². The number of carbonyl (C=O) groups excluding carboxylic acids is 1. The van der Waals surface area contributed by atoms with E-state index in [0.29, 0.717) is 36.6 Å². The van der Waals surface area contributed by atoms with Crippen LogP contribution in [0, 0.1) is 13.8 Å². The Balaban J connectivity index is 1.09. The number of carbonyl (C=O) groups is 1. The quantitative estimate of drug-likeness (QED) is 0.247. The minimum absolute atomic E-state index is 0.0363. The molecule has 1 saturated heterocycles. The van der Waals surface area contributed by atoms with Crippen LogP contribution in [0.25, 0.3) is 0 Å². The maximum absolute atomic E-state index is 13.9. The predicted octanol–water partition coefficient (Wildman–Crippen LogP) is 6.46. The predicted molar refractivity (Wildman–Crippen MR) is 170 cm³/mol. The van der Waals surface area contributed by atoms with Crippen molar-refractivity contribution in [1.29, 1.82) is 0 Å². The fourth-order valence-electron chi connectivity index (χ4n) is 5.93. The van der Waals surface area contributed by atoms with Gasteiger partial charge in [0.2, 0.25) is 0 Å². The number of nitrogens with zero attached hydrogens (tertiary/aromatic N) is 1. The van der Waals surface area contributed by atoms with Crippen LogP contribution in [0.15, 0.2) is 76.8 Å². The Labute approximate surface area is 261 Å². The molecule has 0 aromatic heterocycles. The van der Waals surface area contributed by atoms with Crippen molar-refractivity contribution < 1.29 is 14.3 Å². The Bertz CT molecular complexity index is 1490. The molecule has 2 heterocycles. The third kappa shape index (κ3) is 6.25. The van der Waals surface area contributed by atoms with Crippen LogP contribution in [-0.4, -0.2) is 49.2 Å². The van der Waals surface area contributed by atoms with Crippen LogP contribution in [0.4, 0.5) is 0 Å². The first-order chi connectivity index (χ1) is 20.3. The molecule has 2 aliphatic heterocycles. The maximum Gasteiger partial charge on any atom is 0.251 e. The van der Waals surface area contributed by atoms with Gasteiger partial charge in [0.05, 0.1) is 16.6 Å². The Hall–Kier alpha value is -2.84. The Morgan fingerprint density at radius 2 is 1.79 bits per heavy atom. The summed E-state index contributed by atoms with van der Waals surface area (Å²) in [5, 5.41) is 8.06. The second-order valence-electron chi connectivity index (χ2n) is 11.6. The summed E-state index contributed by atoms with van der Waals surface area (Å²) in [6.07, 6.45) is 5.07. The molecule has 2 unspecified atom stereocenters. The molecule has 1 saturated carbocycles. The van der Waals surface area contributed by atoms with Crippen molar-refractivity contribution >= 4 is 33.4 Å². The molecule has 8 heteroatoms. The lowest BCUT2D eigenvalue weighted by molar-refractivity contribution is -0.129. The molecule has 2 fully saturated rings. The summed E-state index contributed by atoms with van der Waals surface area (Å²) in [6, 6.07) is 20.6. The average molecular weight is 651 g/mol. The highest BCUT2D eigenvalue weighted by atomic mass is 79.9. The van der Waals surface area contributed by atoms with E-state index in [0.717, 1.165) is 64.8 Å².